The van der Waals surface area contributed by atoms with Crippen molar-refractivity contribution in [3.8, 4) is 5.75 Å². The van der Waals surface area contributed by atoms with E-state index in [2.05, 4.69) is 9.46 Å². The van der Waals surface area contributed by atoms with E-state index in [-0.39, 0.29) is 4.90 Å². The number of rotatable bonds is 4. The molecule has 1 atom stereocenters. The predicted molar refractivity (Wildman–Crippen MR) is 76.5 cm³/mol. The fraction of sp³-hybridized carbons (Fsp3) is 0.462. The summed E-state index contributed by atoms with van der Waals surface area (Å²) in [7, 11) is -2.74. The quantitative estimate of drug-likeness (QED) is 0.616. The van der Waals surface area contributed by atoms with E-state index < -0.39 is 22.0 Å². The highest BCUT2D eigenvalue weighted by Gasteiger charge is 2.28. The van der Waals surface area contributed by atoms with Gasteiger partial charge >= 0.3 is 5.97 Å². The van der Waals surface area contributed by atoms with E-state index in [0.29, 0.717) is 24.5 Å². The van der Waals surface area contributed by atoms with Crippen molar-refractivity contribution in [2.75, 3.05) is 19.5 Å². The molecule has 0 aliphatic carbocycles. The molecule has 0 fully saturated rings. The van der Waals surface area contributed by atoms with Gasteiger partial charge in [0.05, 0.1) is 13.7 Å². The van der Waals surface area contributed by atoms with E-state index in [4.69, 9.17) is 10.5 Å². The van der Waals surface area contributed by atoms with Gasteiger partial charge in [-0.3, -0.25) is 4.79 Å². The zero-order valence-electron chi connectivity index (χ0n) is 11.9. The molecule has 2 rings (SSSR count). The Morgan fingerprint density at radius 3 is 2.86 bits per heavy atom. The zero-order chi connectivity index (χ0) is 15.6. The summed E-state index contributed by atoms with van der Waals surface area (Å²) in [5.74, 6) is -0.364. The van der Waals surface area contributed by atoms with Crippen LogP contribution in [0.2, 0.25) is 0 Å². The molecule has 0 saturated heterocycles. The standard InChI is InChI=1S/C13H18N2O5S/c1-8(13(16)19-2)15-21(17,18)11-7-10(14)6-9-4-3-5-20-12(9)11/h6-8,15H,3-5,14H2,1-2H3. The summed E-state index contributed by atoms with van der Waals surface area (Å²) in [6.45, 7) is 1.86. The minimum atomic E-state index is -3.93. The Morgan fingerprint density at radius 1 is 1.48 bits per heavy atom. The fourth-order valence-electron chi connectivity index (χ4n) is 2.19. The third kappa shape index (κ3) is 3.27. The number of aryl methyl sites for hydroxylation is 1. The van der Waals surface area contributed by atoms with Crippen LogP contribution in [0.25, 0.3) is 0 Å². The monoisotopic (exact) mass is 314 g/mol. The van der Waals surface area contributed by atoms with Gasteiger partial charge in [-0.1, -0.05) is 0 Å². The number of nitrogen functional groups attached to an aromatic ring is 1. The van der Waals surface area contributed by atoms with Crippen molar-refractivity contribution in [2.45, 2.75) is 30.7 Å². The van der Waals surface area contributed by atoms with Gasteiger partial charge in [-0.15, -0.1) is 0 Å². The van der Waals surface area contributed by atoms with E-state index in [1.54, 1.807) is 6.07 Å². The minimum absolute atomic E-state index is 0.0482. The Morgan fingerprint density at radius 2 is 2.19 bits per heavy atom. The third-order valence-corrected chi connectivity index (χ3v) is 4.71. The van der Waals surface area contributed by atoms with Gasteiger partial charge in [-0.25, -0.2) is 8.42 Å². The minimum Gasteiger partial charge on any atom is -0.492 e. The van der Waals surface area contributed by atoms with E-state index in [1.807, 2.05) is 0 Å². The van der Waals surface area contributed by atoms with E-state index in [0.717, 1.165) is 12.0 Å². The molecule has 116 valence electrons. The highest BCUT2D eigenvalue weighted by atomic mass is 32.2. The number of carbonyl (C=O) groups is 1. The zero-order valence-corrected chi connectivity index (χ0v) is 12.7. The van der Waals surface area contributed by atoms with E-state index in [1.165, 1.54) is 20.1 Å². The van der Waals surface area contributed by atoms with Crippen molar-refractivity contribution >= 4 is 21.7 Å². The highest BCUT2D eigenvalue weighted by Crippen LogP contribution is 2.34. The maximum atomic E-state index is 12.4. The molecule has 3 N–H and O–H groups in total. The van der Waals surface area contributed by atoms with Crippen LogP contribution in [0.15, 0.2) is 17.0 Å². The number of fused-ring (bicyclic) bond motifs is 1. The molecule has 0 saturated carbocycles. The average Bonchev–Trinajstić information content (AvgIpc) is 2.44. The molecule has 7 nitrogen and oxygen atoms in total. The molecular weight excluding hydrogens is 296 g/mol. The number of hydrogen-bond donors (Lipinski definition) is 2. The third-order valence-electron chi connectivity index (χ3n) is 3.17. The number of sulfonamides is 1. The molecular formula is C13H18N2O5S. The molecule has 1 aliphatic heterocycles. The van der Waals surface area contributed by atoms with Crippen molar-refractivity contribution < 1.29 is 22.7 Å². The Bertz CT molecular complexity index is 657. The summed E-state index contributed by atoms with van der Waals surface area (Å²) in [4.78, 5) is 11.3. The van der Waals surface area contributed by atoms with Crippen LogP contribution in [0.5, 0.6) is 5.75 Å². The van der Waals surface area contributed by atoms with E-state index >= 15 is 0 Å². The van der Waals surface area contributed by atoms with Gasteiger partial charge in [-0.2, -0.15) is 4.72 Å². The molecule has 0 radical (unpaired) electrons. The Labute approximate surface area is 123 Å². The molecule has 1 heterocycles. The van der Waals surface area contributed by atoms with Crippen molar-refractivity contribution in [1.29, 1.82) is 0 Å². The van der Waals surface area contributed by atoms with Gasteiger partial charge in [-0.05, 0) is 37.5 Å². The maximum Gasteiger partial charge on any atom is 0.323 e. The second kappa shape index (κ2) is 5.90. The molecule has 1 aromatic carbocycles. The van der Waals surface area contributed by atoms with Crippen molar-refractivity contribution in [3.05, 3.63) is 17.7 Å². The second-order valence-corrected chi connectivity index (χ2v) is 6.51. The van der Waals surface area contributed by atoms with Gasteiger partial charge < -0.3 is 15.2 Å². The van der Waals surface area contributed by atoms with Crippen molar-refractivity contribution in [3.63, 3.8) is 0 Å². The maximum absolute atomic E-state index is 12.4. The SMILES string of the molecule is COC(=O)C(C)NS(=O)(=O)c1cc(N)cc2c1OCCC2. The number of benzene rings is 1. The van der Waals surface area contributed by atoms with Crippen molar-refractivity contribution in [2.24, 2.45) is 0 Å². The van der Waals surface area contributed by atoms with Crippen LogP contribution in [-0.2, 0) is 26.0 Å². The number of carbonyl (C=O) groups excluding carboxylic acids is 1. The summed E-state index contributed by atoms with van der Waals surface area (Å²) >= 11 is 0. The summed E-state index contributed by atoms with van der Waals surface area (Å²) in [6.07, 6.45) is 1.51. The van der Waals surface area contributed by atoms with Crippen LogP contribution in [0, 0.1) is 0 Å². The molecule has 0 bridgehead atoms. The number of hydrogen-bond acceptors (Lipinski definition) is 6. The van der Waals surface area contributed by atoms with Gasteiger partial charge in [0.1, 0.15) is 16.7 Å². The lowest BCUT2D eigenvalue weighted by Gasteiger charge is -2.22. The lowest BCUT2D eigenvalue weighted by Crippen LogP contribution is -2.39. The predicted octanol–water partition coefficient (Wildman–Crippen LogP) is 0.434. The number of nitrogens with two attached hydrogens (primary N) is 1. The van der Waals surface area contributed by atoms with Crippen LogP contribution in [0.4, 0.5) is 5.69 Å². The highest BCUT2D eigenvalue weighted by molar-refractivity contribution is 7.89. The number of anilines is 1. The van der Waals surface area contributed by atoms with Crippen LogP contribution < -0.4 is 15.2 Å². The number of ether oxygens (including phenoxy) is 2. The summed E-state index contributed by atoms with van der Waals surface area (Å²) in [5.41, 5.74) is 6.85. The van der Waals surface area contributed by atoms with Gasteiger partial charge in [0, 0.05) is 5.69 Å². The fourth-order valence-corrected chi connectivity index (χ4v) is 3.60. The van der Waals surface area contributed by atoms with Crippen LogP contribution in [0.1, 0.15) is 18.9 Å². The first kappa shape index (κ1) is 15.6. The summed E-state index contributed by atoms with van der Waals surface area (Å²) < 4.78 is 37.1. The van der Waals surface area contributed by atoms with Crippen molar-refractivity contribution in [1.82, 2.24) is 4.72 Å². The average molecular weight is 314 g/mol. The Kier molecular flexibility index (Phi) is 4.38. The summed E-state index contributed by atoms with van der Waals surface area (Å²) in [6, 6.07) is 2.04. The van der Waals surface area contributed by atoms with Gasteiger partial charge in [0.25, 0.3) is 0 Å². The van der Waals surface area contributed by atoms with E-state index in [9.17, 15) is 13.2 Å². The first-order chi connectivity index (χ1) is 9.85. The lowest BCUT2D eigenvalue weighted by molar-refractivity contribution is -0.142. The molecule has 0 spiro atoms. The van der Waals surface area contributed by atoms with Crippen LogP contribution in [0.3, 0.4) is 0 Å². The van der Waals surface area contributed by atoms with Crippen LogP contribution >= 0.6 is 0 Å². The smallest absolute Gasteiger partial charge is 0.323 e. The molecule has 21 heavy (non-hydrogen) atoms. The van der Waals surface area contributed by atoms with Crippen LogP contribution in [-0.4, -0.2) is 34.1 Å². The van der Waals surface area contributed by atoms with Gasteiger partial charge in [0.15, 0.2) is 0 Å². The molecule has 8 heteroatoms. The molecule has 1 aromatic rings. The summed E-state index contributed by atoms with van der Waals surface area (Å²) in [5, 5.41) is 0. The normalized spacial score (nSPS) is 15.7. The second-order valence-electron chi connectivity index (χ2n) is 4.83. The van der Waals surface area contributed by atoms with Gasteiger partial charge in [0.2, 0.25) is 10.0 Å². The lowest BCUT2D eigenvalue weighted by atomic mass is 10.1. The molecule has 0 aromatic heterocycles. The number of nitrogens with one attached hydrogen (secondary N) is 1. The topological polar surface area (TPSA) is 108 Å². The largest absolute Gasteiger partial charge is 0.492 e. The first-order valence-electron chi connectivity index (χ1n) is 6.50. The molecule has 1 unspecified atom stereocenters. The Hall–Kier alpha value is -1.80. The first-order valence-corrected chi connectivity index (χ1v) is 7.99. The molecule has 0 amide bonds. The number of methoxy groups -OCH3 is 1. The number of esters is 1. The molecule has 1 aliphatic rings. The Balaban J connectivity index is 2.40.